The molecule has 0 spiro atoms. The summed E-state index contributed by atoms with van der Waals surface area (Å²) < 4.78 is 22.8. The van der Waals surface area contributed by atoms with Crippen LogP contribution >= 0.6 is 15.9 Å². The molecular formula is C10H14BrNO2S. The number of nitrogens with one attached hydrogen (secondary N) is 1. The van der Waals surface area contributed by atoms with Gasteiger partial charge in [0, 0.05) is 23.0 Å². The van der Waals surface area contributed by atoms with E-state index in [-0.39, 0.29) is 5.75 Å². The van der Waals surface area contributed by atoms with E-state index in [9.17, 15) is 8.42 Å². The molecule has 15 heavy (non-hydrogen) atoms. The fourth-order valence-corrected chi connectivity index (χ4v) is 1.85. The third-order valence-corrected chi connectivity index (χ3v) is 3.80. The van der Waals surface area contributed by atoms with Gasteiger partial charge in [0.15, 0.2) is 0 Å². The second kappa shape index (κ2) is 4.99. The van der Waals surface area contributed by atoms with E-state index in [2.05, 4.69) is 21.2 Å². The highest BCUT2D eigenvalue weighted by molar-refractivity contribution is 9.10. The van der Waals surface area contributed by atoms with E-state index in [1.807, 2.05) is 25.1 Å². The summed E-state index contributed by atoms with van der Waals surface area (Å²) in [5, 5.41) is 3.07. The zero-order valence-corrected chi connectivity index (χ0v) is 11.2. The maximum atomic E-state index is 10.9. The number of hydrogen-bond acceptors (Lipinski definition) is 3. The van der Waals surface area contributed by atoms with Crippen LogP contribution < -0.4 is 5.32 Å². The van der Waals surface area contributed by atoms with Crippen LogP contribution in [0.2, 0.25) is 0 Å². The van der Waals surface area contributed by atoms with Crippen LogP contribution in [0.15, 0.2) is 22.7 Å². The lowest BCUT2D eigenvalue weighted by Gasteiger charge is -2.07. The first kappa shape index (κ1) is 12.5. The van der Waals surface area contributed by atoms with Gasteiger partial charge in [-0.2, -0.15) is 0 Å². The highest BCUT2D eigenvalue weighted by Gasteiger charge is 2.01. The van der Waals surface area contributed by atoms with Crippen LogP contribution in [0, 0.1) is 6.92 Å². The van der Waals surface area contributed by atoms with Gasteiger partial charge in [-0.3, -0.25) is 0 Å². The van der Waals surface area contributed by atoms with Crippen LogP contribution in [-0.2, 0) is 9.84 Å². The fraction of sp³-hybridized carbons (Fsp3) is 0.400. The van der Waals surface area contributed by atoms with Crippen molar-refractivity contribution in [3.8, 4) is 0 Å². The summed E-state index contributed by atoms with van der Waals surface area (Å²) >= 11 is 3.41. The van der Waals surface area contributed by atoms with Gasteiger partial charge in [-0.05, 0) is 30.7 Å². The molecule has 0 bridgehead atoms. The summed E-state index contributed by atoms with van der Waals surface area (Å²) in [4.78, 5) is 0. The summed E-state index contributed by atoms with van der Waals surface area (Å²) in [7, 11) is -2.88. The summed E-state index contributed by atoms with van der Waals surface area (Å²) in [6.45, 7) is 2.44. The summed E-state index contributed by atoms with van der Waals surface area (Å²) in [5.41, 5.74) is 2.07. The minimum absolute atomic E-state index is 0.155. The molecule has 0 saturated heterocycles. The average molecular weight is 292 g/mol. The average Bonchev–Trinajstić information content (AvgIpc) is 2.09. The minimum Gasteiger partial charge on any atom is -0.384 e. The van der Waals surface area contributed by atoms with Crippen LogP contribution in [0.5, 0.6) is 0 Å². The Kier molecular flexibility index (Phi) is 4.16. The van der Waals surface area contributed by atoms with Crippen molar-refractivity contribution >= 4 is 31.5 Å². The molecule has 3 nitrogen and oxygen atoms in total. The van der Waals surface area contributed by atoms with Crippen molar-refractivity contribution < 1.29 is 8.42 Å². The number of rotatable bonds is 4. The summed E-state index contributed by atoms with van der Waals surface area (Å²) in [6, 6.07) is 5.84. The lowest BCUT2D eigenvalue weighted by atomic mass is 10.2. The second-order valence-corrected chi connectivity index (χ2v) is 6.63. The highest BCUT2D eigenvalue weighted by atomic mass is 79.9. The number of sulfone groups is 1. The van der Waals surface area contributed by atoms with Crippen molar-refractivity contribution in [2.75, 3.05) is 23.9 Å². The molecule has 0 fully saturated rings. The predicted molar refractivity (Wildman–Crippen MR) is 67.1 cm³/mol. The molecule has 0 unspecified atom stereocenters. The Labute approximate surface area is 98.9 Å². The maximum absolute atomic E-state index is 10.9. The van der Waals surface area contributed by atoms with Gasteiger partial charge in [-0.25, -0.2) is 8.42 Å². The number of benzene rings is 1. The number of anilines is 1. The molecule has 1 aromatic rings. The molecule has 0 amide bonds. The Morgan fingerprint density at radius 3 is 2.60 bits per heavy atom. The molecule has 0 radical (unpaired) electrons. The molecular weight excluding hydrogens is 278 g/mol. The van der Waals surface area contributed by atoms with Gasteiger partial charge < -0.3 is 5.32 Å². The molecule has 1 rings (SSSR count). The predicted octanol–water partition coefficient (Wildman–Crippen LogP) is 2.21. The molecule has 0 aliphatic rings. The number of aryl methyl sites for hydroxylation is 1. The van der Waals surface area contributed by atoms with Gasteiger partial charge in [0.2, 0.25) is 0 Å². The molecule has 0 aromatic heterocycles. The fourth-order valence-electron chi connectivity index (χ4n) is 1.14. The van der Waals surface area contributed by atoms with Crippen molar-refractivity contribution in [1.29, 1.82) is 0 Å². The summed E-state index contributed by atoms with van der Waals surface area (Å²) in [5.74, 6) is 0.155. The van der Waals surface area contributed by atoms with Crippen LogP contribution in [0.1, 0.15) is 5.56 Å². The largest absolute Gasteiger partial charge is 0.384 e. The third kappa shape index (κ3) is 4.66. The Bertz CT molecular complexity index is 443. The normalized spacial score (nSPS) is 11.4. The molecule has 0 heterocycles. The van der Waals surface area contributed by atoms with Crippen LogP contribution in [0.25, 0.3) is 0 Å². The van der Waals surface area contributed by atoms with E-state index < -0.39 is 9.84 Å². The van der Waals surface area contributed by atoms with Crippen molar-refractivity contribution in [1.82, 2.24) is 0 Å². The van der Waals surface area contributed by atoms with Gasteiger partial charge in [0.25, 0.3) is 0 Å². The minimum atomic E-state index is -2.88. The van der Waals surface area contributed by atoms with Gasteiger partial charge in [-0.15, -0.1) is 0 Å². The summed E-state index contributed by atoms with van der Waals surface area (Å²) in [6.07, 6.45) is 1.24. The first-order valence-electron chi connectivity index (χ1n) is 4.56. The first-order chi connectivity index (χ1) is 6.88. The lowest BCUT2D eigenvalue weighted by Crippen LogP contribution is -2.14. The SMILES string of the molecule is Cc1cc(NCCS(C)(=O)=O)ccc1Br. The second-order valence-electron chi connectivity index (χ2n) is 3.52. The van der Waals surface area contributed by atoms with E-state index in [1.165, 1.54) is 6.26 Å². The highest BCUT2D eigenvalue weighted by Crippen LogP contribution is 2.19. The van der Waals surface area contributed by atoms with Crippen LogP contribution in [0.3, 0.4) is 0 Å². The van der Waals surface area contributed by atoms with Crippen molar-refractivity contribution in [3.05, 3.63) is 28.2 Å². The first-order valence-corrected chi connectivity index (χ1v) is 7.41. The quantitative estimate of drug-likeness (QED) is 0.925. The lowest BCUT2D eigenvalue weighted by molar-refractivity contribution is 0.602. The smallest absolute Gasteiger partial charge is 0.149 e. The molecule has 1 N–H and O–H groups in total. The van der Waals surface area contributed by atoms with E-state index in [1.54, 1.807) is 0 Å². The Morgan fingerprint density at radius 1 is 1.40 bits per heavy atom. The van der Waals surface area contributed by atoms with Crippen LogP contribution in [-0.4, -0.2) is 27.0 Å². The van der Waals surface area contributed by atoms with E-state index in [4.69, 9.17) is 0 Å². The molecule has 0 saturated carbocycles. The van der Waals surface area contributed by atoms with Gasteiger partial charge in [-0.1, -0.05) is 15.9 Å². The maximum Gasteiger partial charge on any atom is 0.149 e. The molecule has 0 aliphatic carbocycles. The van der Waals surface area contributed by atoms with Gasteiger partial charge in [0.1, 0.15) is 9.84 Å². The number of hydrogen-bond donors (Lipinski definition) is 1. The van der Waals surface area contributed by atoms with Crippen molar-refractivity contribution in [2.24, 2.45) is 0 Å². The topological polar surface area (TPSA) is 46.2 Å². The third-order valence-electron chi connectivity index (χ3n) is 1.96. The zero-order valence-electron chi connectivity index (χ0n) is 8.75. The van der Waals surface area contributed by atoms with E-state index in [0.29, 0.717) is 6.54 Å². The van der Waals surface area contributed by atoms with Crippen molar-refractivity contribution in [2.45, 2.75) is 6.92 Å². The number of halogens is 1. The van der Waals surface area contributed by atoms with Gasteiger partial charge in [0.05, 0.1) is 5.75 Å². The monoisotopic (exact) mass is 291 g/mol. The molecule has 0 aliphatic heterocycles. The van der Waals surface area contributed by atoms with E-state index in [0.717, 1.165) is 15.7 Å². The zero-order chi connectivity index (χ0) is 11.5. The Morgan fingerprint density at radius 2 is 2.07 bits per heavy atom. The molecule has 1 aromatic carbocycles. The molecule has 0 atom stereocenters. The Balaban J connectivity index is 2.55. The van der Waals surface area contributed by atoms with Crippen LogP contribution in [0.4, 0.5) is 5.69 Å². The van der Waals surface area contributed by atoms with Gasteiger partial charge >= 0.3 is 0 Å². The standard InChI is InChI=1S/C10H14BrNO2S/c1-8-7-9(3-4-10(8)11)12-5-6-15(2,13)14/h3-4,7,12H,5-6H2,1-2H3. The molecule has 84 valence electrons. The van der Waals surface area contributed by atoms with E-state index >= 15 is 0 Å². The van der Waals surface area contributed by atoms with Crippen molar-refractivity contribution in [3.63, 3.8) is 0 Å². The Hall–Kier alpha value is -0.550. The molecule has 5 heteroatoms.